The van der Waals surface area contributed by atoms with Crippen LogP contribution in [0.4, 0.5) is 0 Å². The van der Waals surface area contributed by atoms with E-state index in [1.807, 2.05) is 0 Å². The lowest BCUT2D eigenvalue weighted by Gasteiger charge is -2.20. The third-order valence-electron chi connectivity index (χ3n) is 2.78. The van der Waals surface area contributed by atoms with Gasteiger partial charge in [-0.2, -0.15) is 0 Å². The third kappa shape index (κ3) is 4.62. The van der Waals surface area contributed by atoms with Crippen molar-refractivity contribution in [3.05, 3.63) is 0 Å². The van der Waals surface area contributed by atoms with Crippen LogP contribution in [0, 0.1) is 5.92 Å². The molecule has 1 aliphatic rings. The molecule has 0 amide bonds. The van der Waals surface area contributed by atoms with Gasteiger partial charge in [0.25, 0.3) is 0 Å². The molecule has 1 atom stereocenters. The van der Waals surface area contributed by atoms with E-state index in [-0.39, 0.29) is 5.97 Å². The van der Waals surface area contributed by atoms with Gasteiger partial charge in [-0.3, -0.25) is 4.79 Å². The van der Waals surface area contributed by atoms with E-state index in [0.717, 1.165) is 18.9 Å². The molecule has 1 rings (SSSR count). The van der Waals surface area contributed by atoms with Crippen LogP contribution in [-0.2, 0) is 14.3 Å². The van der Waals surface area contributed by atoms with Gasteiger partial charge in [0.1, 0.15) is 5.54 Å². The molecular weight excluding hydrogens is 194 g/mol. The van der Waals surface area contributed by atoms with Crippen molar-refractivity contribution in [1.29, 1.82) is 0 Å². The lowest BCUT2D eigenvalue weighted by atomic mass is 10.0. The number of esters is 1. The van der Waals surface area contributed by atoms with Gasteiger partial charge in [0.15, 0.2) is 0 Å². The summed E-state index contributed by atoms with van der Waals surface area (Å²) in [7, 11) is 1.35. The fraction of sp³-hybridized carbons (Fsp3) is 0.909. The summed E-state index contributed by atoms with van der Waals surface area (Å²) in [6.45, 7) is 2.97. The van der Waals surface area contributed by atoms with Crippen LogP contribution >= 0.6 is 0 Å². The van der Waals surface area contributed by atoms with Crippen molar-refractivity contribution in [3.8, 4) is 0 Å². The zero-order chi connectivity index (χ0) is 11.3. The highest BCUT2D eigenvalue weighted by molar-refractivity contribution is 5.79. The monoisotopic (exact) mass is 215 g/mol. The van der Waals surface area contributed by atoms with E-state index < -0.39 is 5.54 Å². The molecule has 0 bridgehead atoms. The predicted octanol–water partition coefficient (Wildman–Crippen LogP) is 1.08. The highest BCUT2D eigenvalue weighted by atomic mass is 16.5. The maximum Gasteiger partial charge on any atom is 0.325 e. The molecule has 4 nitrogen and oxygen atoms in total. The van der Waals surface area contributed by atoms with E-state index in [1.165, 1.54) is 20.0 Å². The van der Waals surface area contributed by atoms with Crippen molar-refractivity contribution in [3.63, 3.8) is 0 Å². The number of hydrogen-bond donors (Lipinski definition) is 1. The first-order valence-electron chi connectivity index (χ1n) is 5.51. The standard InChI is InChI=1S/C11H21NO3/c1-11(12,10(13)14-2)6-8-15-7-5-9-3-4-9/h9H,3-8,12H2,1-2H3. The first-order valence-corrected chi connectivity index (χ1v) is 5.51. The third-order valence-corrected chi connectivity index (χ3v) is 2.78. The van der Waals surface area contributed by atoms with Gasteiger partial charge < -0.3 is 15.2 Å². The van der Waals surface area contributed by atoms with Crippen LogP contribution in [-0.4, -0.2) is 31.8 Å². The van der Waals surface area contributed by atoms with Gasteiger partial charge in [0, 0.05) is 13.2 Å². The van der Waals surface area contributed by atoms with E-state index >= 15 is 0 Å². The van der Waals surface area contributed by atoms with E-state index in [1.54, 1.807) is 6.92 Å². The Morgan fingerprint density at radius 3 is 2.67 bits per heavy atom. The van der Waals surface area contributed by atoms with Crippen molar-refractivity contribution in [1.82, 2.24) is 0 Å². The van der Waals surface area contributed by atoms with E-state index in [9.17, 15) is 4.79 Å². The first kappa shape index (κ1) is 12.5. The highest BCUT2D eigenvalue weighted by Crippen LogP contribution is 2.32. The number of rotatable bonds is 7. The molecule has 0 saturated heterocycles. The van der Waals surface area contributed by atoms with Crippen LogP contribution in [0.3, 0.4) is 0 Å². The molecule has 4 heteroatoms. The zero-order valence-corrected chi connectivity index (χ0v) is 9.62. The van der Waals surface area contributed by atoms with Gasteiger partial charge in [-0.05, 0) is 25.7 Å². The lowest BCUT2D eigenvalue weighted by molar-refractivity contribution is -0.147. The molecule has 0 heterocycles. The topological polar surface area (TPSA) is 61.5 Å². The second kappa shape index (κ2) is 5.47. The van der Waals surface area contributed by atoms with Crippen LogP contribution < -0.4 is 5.73 Å². The lowest BCUT2D eigenvalue weighted by Crippen LogP contribution is -2.46. The Hall–Kier alpha value is -0.610. The van der Waals surface area contributed by atoms with Gasteiger partial charge >= 0.3 is 5.97 Å². The maximum atomic E-state index is 11.2. The van der Waals surface area contributed by atoms with Crippen molar-refractivity contribution in [2.75, 3.05) is 20.3 Å². The molecule has 1 saturated carbocycles. The molecule has 1 fully saturated rings. The molecule has 0 aromatic rings. The number of nitrogens with two attached hydrogens (primary N) is 1. The van der Waals surface area contributed by atoms with E-state index in [0.29, 0.717) is 13.0 Å². The Morgan fingerprint density at radius 1 is 1.47 bits per heavy atom. The normalized spacial score (nSPS) is 19.7. The fourth-order valence-electron chi connectivity index (χ4n) is 1.38. The molecule has 0 aliphatic heterocycles. The van der Waals surface area contributed by atoms with Crippen LogP contribution in [0.1, 0.15) is 32.6 Å². The van der Waals surface area contributed by atoms with Crippen LogP contribution in [0.25, 0.3) is 0 Å². The van der Waals surface area contributed by atoms with Crippen molar-refractivity contribution >= 4 is 5.97 Å². The Kier molecular flexibility index (Phi) is 4.54. The average Bonchev–Trinajstić information content (AvgIpc) is 2.99. The zero-order valence-electron chi connectivity index (χ0n) is 9.62. The summed E-state index contributed by atoms with van der Waals surface area (Å²) in [6.07, 6.45) is 4.34. The van der Waals surface area contributed by atoms with Gasteiger partial charge in [0.2, 0.25) is 0 Å². The summed E-state index contributed by atoms with van der Waals surface area (Å²) < 4.78 is 10.0. The fourth-order valence-corrected chi connectivity index (χ4v) is 1.38. The Balaban J connectivity index is 2.03. The maximum absolute atomic E-state index is 11.2. The summed E-state index contributed by atoms with van der Waals surface area (Å²) in [5.74, 6) is 0.503. The van der Waals surface area contributed by atoms with Crippen molar-refractivity contribution in [2.45, 2.75) is 38.1 Å². The quantitative estimate of drug-likeness (QED) is 0.510. The minimum absolute atomic E-state index is 0.381. The summed E-state index contributed by atoms with van der Waals surface area (Å²) in [5, 5.41) is 0. The molecule has 1 aliphatic carbocycles. The summed E-state index contributed by atoms with van der Waals surface area (Å²) in [6, 6.07) is 0. The van der Waals surface area contributed by atoms with Crippen molar-refractivity contribution < 1.29 is 14.3 Å². The molecule has 0 spiro atoms. The van der Waals surface area contributed by atoms with Crippen LogP contribution in [0.15, 0.2) is 0 Å². The number of ether oxygens (including phenoxy) is 2. The van der Waals surface area contributed by atoms with Crippen molar-refractivity contribution in [2.24, 2.45) is 11.7 Å². The summed E-state index contributed by atoms with van der Waals surface area (Å²) >= 11 is 0. The summed E-state index contributed by atoms with van der Waals surface area (Å²) in [5.41, 5.74) is 4.85. The molecule has 1 unspecified atom stereocenters. The van der Waals surface area contributed by atoms with E-state index in [2.05, 4.69) is 4.74 Å². The number of hydrogen-bond acceptors (Lipinski definition) is 4. The Bertz CT molecular complexity index is 212. The first-order chi connectivity index (χ1) is 7.06. The smallest absolute Gasteiger partial charge is 0.325 e. The largest absolute Gasteiger partial charge is 0.468 e. The number of carbonyl (C=O) groups is 1. The van der Waals surface area contributed by atoms with Gasteiger partial charge in [0.05, 0.1) is 7.11 Å². The van der Waals surface area contributed by atoms with E-state index in [4.69, 9.17) is 10.5 Å². The Morgan fingerprint density at radius 2 is 2.13 bits per heavy atom. The van der Waals surface area contributed by atoms with Gasteiger partial charge in [-0.1, -0.05) is 12.8 Å². The minimum Gasteiger partial charge on any atom is -0.468 e. The van der Waals surface area contributed by atoms with Gasteiger partial charge in [-0.15, -0.1) is 0 Å². The molecule has 0 aromatic carbocycles. The number of carbonyl (C=O) groups excluding carboxylic acids is 1. The SMILES string of the molecule is COC(=O)C(C)(N)CCOCCC1CC1. The van der Waals surface area contributed by atoms with Crippen LogP contribution in [0.5, 0.6) is 0 Å². The molecule has 2 N–H and O–H groups in total. The molecule has 88 valence electrons. The second-order valence-corrected chi connectivity index (χ2v) is 4.50. The minimum atomic E-state index is -0.922. The second-order valence-electron chi connectivity index (χ2n) is 4.50. The molecule has 0 aromatic heterocycles. The number of methoxy groups -OCH3 is 1. The highest BCUT2D eigenvalue weighted by Gasteiger charge is 2.29. The van der Waals surface area contributed by atoms with Gasteiger partial charge in [-0.25, -0.2) is 0 Å². The predicted molar refractivity (Wildman–Crippen MR) is 57.4 cm³/mol. The molecular formula is C11H21NO3. The summed E-state index contributed by atoms with van der Waals surface area (Å²) in [4.78, 5) is 11.2. The molecule has 0 radical (unpaired) electrons. The average molecular weight is 215 g/mol. The molecule has 15 heavy (non-hydrogen) atoms. The van der Waals surface area contributed by atoms with Crippen LogP contribution in [0.2, 0.25) is 0 Å². The Labute approximate surface area is 91.1 Å².